The van der Waals surface area contributed by atoms with Crippen LogP contribution in [0.25, 0.3) is 0 Å². The molecule has 2 aliphatic heterocycles. The first-order valence-electron chi connectivity index (χ1n) is 12.2. The first-order chi connectivity index (χ1) is 17.3. The number of β-amino-alcohol motifs (C(OH)–C–C–N with tert-alkyl or cyclic N) is 1. The van der Waals surface area contributed by atoms with Crippen LogP contribution in [0.2, 0.25) is 0 Å². The summed E-state index contributed by atoms with van der Waals surface area (Å²) in [6.45, 7) is 3.11. The Bertz CT molecular complexity index is 1190. The fourth-order valence-corrected chi connectivity index (χ4v) is 7.05. The van der Waals surface area contributed by atoms with Gasteiger partial charge in [0.15, 0.2) is 5.60 Å². The molecule has 204 valence electrons. The molecule has 0 aromatic heterocycles. The zero-order valence-electron chi connectivity index (χ0n) is 20.5. The van der Waals surface area contributed by atoms with Gasteiger partial charge in [0.05, 0.1) is 17.0 Å². The topological polar surface area (TPSA) is 84.3 Å². The van der Waals surface area contributed by atoms with Crippen molar-refractivity contribution in [2.24, 2.45) is 0 Å². The van der Waals surface area contributed by atoms with E-state index in [4.69, 9.17) is 0 Å². The van der Waals surface area contributed by atoms with Crippen molar-refractivity contribution < 1.29 is 31.8 Å². The average molecular weight is 560 g/mol. The number of benzene rings is 2. The lowest BCUT2D eigenvalue weighted by atomic mass is 9.95. The van der Waals surface area contributed by atoms with Crippen LogP contribution < -0.4 is 4.90 Å². The summed E-state index contributed by atoms with van der Waals surface area (Å²) in [6, 6.07) is 11.8. The van der Waals surface area contributed by atoms with Gasteiger partial charge in [-0.1, -0.05) is 24.3 Å². The van der Waals surface area contributed by atoms with E-state index in [1.54, 1.807) is 18.2 Å². The van der Waals surface area contributed by atoms with Gasteiger partial charge < -0.3 is 15.1 Å². The molecular weight excluding hydrogens is 527 g/mol. The van der Waals surface area contributed by atoms with E-state index in [9.17, 15) is 31.8 Å². The molecule has 2 aromatic rings. The van der Waals surface area contributed by atoms with Gasteiger partial charge in [0.25, 0.3) is 0 Å². The Balaban J connectivity index is 1.61. The highest BCUT2D eigenvalue weighted by Crippen LogP contribution is 2.39. The Morgan fingerprint density at radius 3 is 2.32 bits per heavy atom. The number of aliphatic hydroxyl groups excluding tert-OH is 1. The van der Waals surface area contributed by atoms with Crippen LogP contribution in [-0.4, -0.2) is 85.4 Å². The second kappa shape index (κ2) is 10.7. The molecule has 0 saturated carbocycles. The zero-order valence-corrected chi connectivity index (χ0v) is 22.2. The summed E-state index contributed by atoms with van der Waals surface area (Å²) in [5, 5.41) is 20.2. The van der Waals surface area contributed by atoms with E-state index < -0.39 is 27.9 Å². The molecule has 2 aliphatic rings. The van der Waals surface area contributed by atoms with Crippen LogP contribution in [0, 0.1) is 0 Å². The number of likely N-dealkylation sites (tertiary alicyclic amines) is 1. The maximum absolute atomic E-state index is 13.5. The number of hydrogen-bond donors (Lipinski definition) is 3. The number of alkyl halides is 3. The fraction of sp³-hybridized carbons (Fsp3) is 0.520. The summed E-state index contributed by atoms with van der Waals surface area (Å²) in [4.78, 5) is 4.56. The number of hydrogen-bond acceptors (Lipinski definition) is 7. The SMILES string of the molecule is C[C@](O)(c1ccc(N2CCN(S(=O)(=O)c3ccccc3S)C[C@@H]2CN2CCC[C@H](O)C2)cc1)C(F)(F)F. The summed E-state index contributed by atoms with van der Waals surface area (Å²) >= 11 is 4.32. The molecule has 37 heavy (non-hydrogen) atoms. The third-order valence-corrected chi connectivity index (χ3v) is 9.66. The molecule has 2 N–H and O–H groups in total. The number of rotatable bonds is 6. The molecule has 2 saturated heterocycles. The van der Waals surface area contributed by atoms with E-state index >= 15 is 0 Å². The van der Waals surface area contributed by atoms with Gasteiger partial charge in [-0.05, 0) is 56.1 Å². The molecule has 12 heteroatoms. The van der Waals surface area contributed by atoms with Crippen LogP contribution in [0.5, 0.6) is 0 Å². The number of piperidine rings is 1. The second-order valence-electron chi connectivity index (χ2n) is 9.85. The molecule has 2 heterocycles. The van der Waals surface area contributed by atoms with Crippen molar-refractivity contribution in [3.63, 3.8) is 0 Å². The van der Waals surface area contributed by atoms with E-state index in [2.05, 4.69) is 17.5 Å². The fourth-order valence-electron chi connectivity index (χ4n) is 4.99. The van der Waals surface area contributed by atoms with Gasteiger partial charge in [0.1, 0.15) is 0 Å². The van der Waals surface area contributed by atoms with Crippen LogP contribution in [0.3, 0.4) is 0 Å². The predicted molar refractivity (Wildman–Crippen MR) is 137 cm³/mol. The number of thiol groups is 1. The Hall–Kier alpha value is -1.83. The van der Waals surface area contributed by atoms with Crippen LogP contribution in [0.15, 0.2) is 58.3 Å². The van der Waals surface area contributed by atoms with Crippen molar-refractivity contribution in [3.8, 4) is 0 Å². The van der Waals surface area contributed by atoms with Crippen LogP contribution >= 0.6 is 12.6 Å². The van der Waals surface area contributed by atoms with E-state index in [1.165, 1.54) is 34.6 Å². The first-order valence-corrected chi connectivity index (χ1v) is 14.0. The van der Waals surface area contributed by atoms with Crippen molar-refractivity contribution in [2.75, 3.05) is 44.2 Å². The molecule has 7 nitrogen and oxygen atoms in total. The molecule has 4 rings (SSSR count). The van der Waals surface area contributed by atoms with Crippen molar-refractivity contribution in [3.05, 3.63) is 54.1 Å². The maximum Gasteiger partial charge on any atom is 0.421 e. The number of piperazine rings is 1. The Labute approximate surface area is 221 Å². The van der Waals surface area contributed by atoms with Gasteiger partial charge in [-0.15, -0.1) is 12.6 Å². The number of anilines is 1. The number of aliphatic hydroxyl groups is 2. The van der Waals surface area contributed by atoms with Crippen molar-refractivity contribution in [1.29, 1.82) is 0 Å². The van der Waals surface area contributed by atoms with Gasteiger partial charge >= 0.3 is 6.18 Å². The molecular formula is C25H32F3N3O4S2. The molecule has 2 fully saturated rings. The third-order valence-electron chi connectivity index (χ3n) is 7.19. The van der Waals surface area contributed by atoms with Gasteiger partial charge in [-0.25, -0.2) is 8.42 Å². The highest BCUT2D eigenvalue weighted by atomic mass is 32.2. The van der Waals surface area contributed by atoms with Crippen molar-refractivity contribution >= 4 is 28.3 Å². The number of nitrogens with zero attached hydrogens (tertiary/aromatic N) is 3. The lowest BCUT2D eigenvalue weighted by molar-refractivity contribution is -0.258. The van der Waals surface area contributed by atoms with E-state index in [1.807, 2.05) is 4.90 Å². The maximum atomic E-state index is 13.5. The molecule has 0 amide bonds. The van der Waals surface area contributed by atoms with Crippen LogP contribution in [0.1, 0.15) is 25.3 Å². The smallest absolute Gasteiger partial charge is 0.392 e. The summed E-state index contributed by atoms with van der Waals surface area (Å²) in [5.74, 6) is 0. The second-order valence-corrected chi connectivity index (χ2v) is 12.2. The monoisotopic (exact) mass is 559 g/mol. The van der Waals surface area contributed by atoms with Crippen LogP contribution in [-0.2, 0) is 15.6 Å². The highest BCUT2D eigenvalue weighted by molar-refractivity contribution is 7.90. The standard InChI is InChI=1S/C25H32F3N3O4S2/c1-24(33,25(26,27)28)18-8-10-19(11-9-18)31-14-13-30(37(34,35)23-7-3-2-6-22(23)36)16-20(31)15-29-12-4-5-21(32)17-29/h2-3,6-11,20-21,32-33,36H,4-5,12-17H2,1H3/t20-,21-,24-/m0/s1. The normalized spacial score (nSPS) is 24.1. The minimum Gasteiger partial charge on any atom is -0.392 e. The lowest BCUT2D eigenvalue weighted by Crippen LogP contribution is -2.59. The molecule has 0 spiro atoms. The minimum absolute atomic E-state index is 0.123. The predicted octanol–water partition coefficient (Wildman–Crippen LogP) is 3.08. The Kier molecular flexibility index (Phi) is 8.18. The van der Waals surface area contributed by atoms with Crippen molar-refractivity contribution in [1.82, 2.24) is 9.21 Å². The molecule has 0 unspecified atom stereocenters. The third kappa shape index (κ3) is 5.94. The van der Waals surface area contributed by atoms with Gasteiger partial charge in [-0.3, -0.25) is 4.90 Å². The zero-order chi connectivity index (χ0) is 27.0. The van der Waals surface area contributed by atoms with Gasteiger partial charge in [0.2, 0.25) is 10.0 Å². The van der Waals surface area contributed by atoms with Gasteiger partial charge in [-0.2, -0.15) is 17.5 Å². The van der Waals surface area contributed by atoms with Crippen molar-refractivity contribution in [2.45, 2.75) is 53.5 Å². The largest absolute Gasteiger partial charge is 0.421 e. The minimum atomic E-state index is -4.82. The lowest BCUT2D eigenvalue weighted by Gasteiger charge is -2.45. The van der Waals surface area contributed by atoms with E-state index in [0.717, 1.165) is 19.9 Å². The number of sulfonamides is 1. The Morgan fingerprint density at radius 1 is 1.03 bits per heavy atom. The van der Waals surface area contributed by atoms with Gasteiger partial charge in [0, 0.05) is 43.3 Å². The summed E-state index contributed by atoms with van der Waals surface area (Å²) in [6.07, 6.45) is -3.74. The van der Waals surface area contributed by atoms with Crippen LogP contribution in [0.4, 0.5) is 18.9 Å². The Morgan fingerprint density at radius 2 is 1.70 bits per heavy atom. The molecule has 0 radical (unpaired) electrons. The molecule has 2 aromatic carbocycles. The summed E-state index contributed by atoms with van der Waals surface area (Å²) in [7, 11) is -3.82. The molecule has 3 atom stereocenters. The average Bonchev–Trinajstić information content (AvgIpc) is 2.83. The molecule has 0 aliphatic carbocycles. The quantitative estimate of drug-likeness (QED) is 0.472. The number of halogens is 3. The van der Waals surface area contributed by atoms with E-state index in [-0.39, 0.29) is 29.6 Å². The highest BCUT2D eigenvalue weighted by Gasteiger charge is 2.51. The first kappa shape index (κ1) is 28.2. The van der Waals surface area contributed by atoms with E-state index in [0.29, 0.717) is 36.6 Å². The summed E-state index contributed by atoms with van der Waals surface area (Å²) in [5.41, 5.74) is -2.62. The molecule has 0 bridgehead atoms. The summed E-state index contributed by atoms with van der Waals surface area (Å²) < 4.78 is 68.2.